The van der Waals surface area contributed by atoms with Crippen LogP contribution in [-0.2, 0) is 28.6 Å². The van der Waals surface area contributed by atoms with E-state index in [2.05, 4.69) is 6.58 Å². The average molecular weight is 404 g/mol. The molecule has 0 amide bonds. The van der Waals surface area contributed by atoms with Crippen molar-refractivity contribution >= 4 is 17.9 Å². The largest absolute Gasteiger partial charge is 0.454 e. The molecule has 7 heteroatoms. The fourth-order valence-electron chi connectivity index (χ4n) is 3.36. The van der Waals surface area contributed by atoms with Gasteiger partial charge in [-0.05, 0) is 51.3 Å². The monoisotopic (exact) mass is 404 g/mol. The third-order valence-electron chi connectivity index (χ3n) is 5.27. The van der Waals surface area contributed by atoms with Crippen LogP contribution >= 0.6 is 0 Å². The van der Waals surface area contributed by atoms with Gasteiger partial charge < -0.3 is 19.3 Å². The average Bonchev–Trinajstić information content (AvgIpc) is 2.93. The summed E-state index contributed by atoms with van der Waals surface area (Å²) >= 11 is 0. The summed E-state index contributed by atoms with van der Waals surface area (Å²) in [6.45, 7) is 11.8. The van der Waals surface area contributed by atoms with E-state index < -0.39 is 48.2 Å². The molecule has 158 valence electrons. The van der Waals surface area contributed by atoms with Crippen molar-refractivity contribution in [1.82, 2.24) is 0 Å². The van der Waals surface area contributed by atoms with E-state index >= 15 is 0 Å². The van der Waals surface area contributed by atoms with Crippen LogP contribution in [0.3, 0.4) is 0 Å². The van der Waals surface area contributed by atoms with Crippen LogP contribution in [0, 0.1) is 5.92 Å². The molecule has 0 aromatic carbocycles. The number of carbonyl (C=O) groups is 3. The van der Waals surface area contributed by atoms with Gasteiger partial charge in [-0.1, -0.05) is 18.7 Å². The highest BCUT2D eigenvalue weighted by Crippen LogP contribution is 2.37. The van der Waals surface area contributed by atoms with E-state index in [0.29, 0.717) is 16.7 Å². The van der Waals surface area contributed by atoms with Gasteiger partial charge in [0.05, 0.1) is 12.0 Å². The maximum absolute atomic E-state index is 12.6. The Morgan fingerprint density at radius 3 is 2.48 bits per heavy atom. The lowest BCUT2D eigenvalue weighted by Crippen LogP contribution is -2.44. The van der Waals surface area contributed by atoms with Gasteiger partial charge in [-0.2, -0.15) is 0 Å². The van der Waals surface area contributed by atoms with Crippen LogP contribution in [0.2, 0.25) is 0 Å². The van der Waals surface area contributed by atoms with E-state index in [4.69, 9.17) is 14.2 Å². The molecule has 0 aromatic rings. The van der Waals surface area contributed by atoms with Crippen LogP contribution in [0.1, 0.15) is 41.0 Å². The molecule has 0 radical (unpaired) electrons. The fraction of sp³-hybridized carbons (Fsp3) is 0.500. The number of allylic oxidation sites excluding steroid dienone is 1. The number of fused-ring (bicyclic) bond motifs is 1. The van der Waals surface area contributed by atoms with E-state index in [1.807, 2.05) is 0 Å². The van der Waals surface area contributed by atoms with Crippen molar-refractivity contribution in [3.8, 4) is 0 Å². The van der Waals surface area contributed by atoms with Crippen molar-refractivity contribution < 1.29 is 33.7 Å². The molecule has 1 heterocycles. The molecule has 29 heavy (non-hydrogen) atoms. The van der Waals surface area contributed by atoms with Gasteiger partial charge in [-0.15, -0.1) is 0 Å². The standard InChI is InChI=1S/C22H28O7/c1-7-11(2)21(25)29-20-18-14(5)22(26)28-17(18)10-13(4)16(24)9-8-12(3)19(20)27-15(6)23/h7-8,10,16-20,24H,5,9H2,1-4,6H3/b11-7-,12-8+,13-10+/t16-,17+,18-,19+,20+/m0/s1. The maximum atomic E-state index is 12.6. The molecular weight excluding hydrogens is 376 g/mol. The molecule has 0 saturated carbocycles. The van der Waals surface area contributed by atoms with Crippen molar-refractivity contribution in [1.29, 1.82) is 0 Å². The Morgan fingerprint density at radius 1 is 1.24 bits per heavy atom. The number of carbonyl (C=O) groups excluding carboxylic acids is 3. The number of rotatable bonds is 3. The van der Waals surface area contributed by atoms with E-state index in [1.165, 1.54) is 6.92 Å². The van der Waals surface area contributed by atoms with Gasteiger partial charge in [0.1, 0.15) is 6.10 Å². The Kier molecular flexibility index (Phi) is 7.19. The molecule has 0 bridgehead atoms. The van der Waals surface area contributed by atoms with Gasteiger partial charge in [0.2, 0.25) is 0 Å². The van der Waals surface area contributed by atoms with Gasteiger partial charge in [0, 0.05) is 18.1 Å². The Labute approximate surface area is 170 Å². The minimum absolute atomic E-state index is 0.120. The van der Waals surface area contributed by atoms with Crippen molar-refractivity contribution in [3.05, 3.63) is 47.1 Å². The first-order valence-corrected chi connectivity index (χ1v) is 9.50. The smallest absolute Gasteiger partial charge is 0.334 e. The van der Waals surface area contributed by atoms with Crippen molar-refractivity contribution in [2.75, 3.05) is 0 Å². The molecule has 0 spiro atoms. The van der Waals surface area contributed by atoms with Crippen LogP contribution in [0.15, 0.2) is 47.1 Å². The highest BCUT2D eigenvalue weighted by molar-refractivity contribution is 5.92. The zero-order chi connectivity index (χ0) is 21.9. The fourth-order valence-corrected chi connectivity index (χ4v) is 3.36. The summed E-state index contributed by atoms with van der Waals surface area (Å²) in [5.41, 5.74) is 1.71. The Morgan fingerprint density at radius 2 is 1.90 bits per heavy atom. The maximum Gasteiger partial charge on any atom is 0.334 e. The molecule has 7 nitrogen and oxygen atoms in total. The quantitative estimate of drug-likeness (QED) is 0.334. The first-order chi connectivity index (χ1) is 13.6. The second-order valence-electron chi connectivity index (χ2n) is 7.40. The van der Waals surface area contributed by atoms with Crippen molar-refractivity contribution in [3.63, 3.8) is 0 Å². The van der Waals surface area contributed by atoms with Gasteiger partial charge in [-0.3, -0.25) is 4.79 Å². The lowest BCUT2D eigenvalue weighted by molar-refractivity contribution is -0.165. The molecule has 2 rings (SSSR count). The van der Waals surface area contributed by atoms with Crippen LogP contribution in [-0.4, -0.2) is 47.4 Å². The van der Waals surface area contributed by atoms with E-state index in [9.17, 15) is 19.5 Å². The minimum atomic E-state index is -1.03. The van der Waals surface area contributed by atoms with Crippen molar-refractivity contribution in [2.45, 2.75) is 65.5 Å². The molecule has 2 aliphatic rings. The van der Waals surface area contributed by atoms with E-state index in [1.54, 1.807) is 45.9 Å². The molecule has 1 fully saturated rings. The molecule has 1 aliphatic heterocycles. The second kappa shape index (κ2) is 9.22. The van der Waals surface area contributed by atoms with Crippen LogP contribution < -0.4 is 0 Å². The molecule has 0 aromatic heterocycles. The Hall–Kier alpha value is -2.67. The van der Waals surface area contributed by atoms with Crippen LogP contribution in [0.4, 0.5) is 0 Å². The lowest BCUT2D eigenvalue weighted by atomic mass is 9.83. The third kappa shape index (κ3) is 5.03. The summed E-state index contributed by atoms with van der Waals surface area (Å²) < 4.78 is 16.7. The number of esters is 3. The number of hydrogen-bond donors (Lipinski definition) is 1. The number of ether oxygens (including phenoxy) is 3. The summed E-state index contributed by atoms with van der Waals surface area (Å²) in [5, 5.41) is 10.4. The van der Waals surface area contributed by atoms with Gasteiger partial charge >= 0.3 is 17.9 Å². The number of aliphatic hydroxyl groups excluding tert-OH is 1. The minimum Gasteiger partial charge on any atom is -0.454 e. The Bertz CT molecular complexity index is 802. The molecule has 1 aliphatic carbocycles. The normalized spacial score (nSPS) is 34.1. The van der Waals surface area contributed by atoms with E-state index in [0.717, 1.165) is 0 Å². The summed E-state index contributed by atoms with van der Waals surface area (Å²) in [6.07, 6.45) is 1.66. The zero-order valence-corrected chi connectivity index (χ0v) is 17.4. The van der Waals surface area contributed by atoms with Crippen LogP contribution in [0.25, 0.3) is 0 Å². The predicted molar refractivity (Wildman–Crippen MR) is 106 cm³/mol. The second-order valence-corrected chi connectivity index (χ2v) is 7.40. The summed E-state index contributed by atoms with van der Waals surface area (Å²) in [6, 6.07) is 0. The third-order valence-corrected chi connectivity index (χ3v) is 5.27. The molecule has 1 saturated heterocycles. The van der Waals surface area contributed by atoms with Crippen molar-refractivity contribution in [2.24, 2.45) is 5.92 Å². The van der Waals surface area contributed by atoms with Gasteiger partial charge in [0.25, 0.3) is 0 Å². The SMILES string of the molecule is C=C1C(=O)O[C@@H]2/C=C(\C)[C@@H](O)C/C=C(\C)[C@@H](OC(C)=O)[C@H](OC(=O)/C(C)=C\C)[C@@H]12. The summed E-state index contributed by atoms with van der Waals surface area (Å²) in [7, 11) is 0. The van der Waals surface area contributed by atoms with Gasteiger partial charge in [-0.25, -0.2) is 9.59 Å². The topological polar surface area (TPSA) is 99.1 Å². The first kappa shape index (κ1) is 22.6. The first-order valence-electron chi connectivity index (χ1n) is 9.50. The van der Waals surface area contributed by atoms with Crippen LogP contribution in [0.5, 0.6) is 0 Å². The van der Waals surface area contributed by atoms with E-state index in [-0.39, 0.29) is 12.0 Å². The summed E-state index contributed by atoms with van der Waals surface area (Å²) in [4.78, 5) is 36.6. The highest BCUT2D eigenvalue weighted by Gasteiger charge is 2.49. The summed E-state index contributed by atoms with van der Waals surface area (Å²) in [5.74, 6) is -2.55. The molecule has 5 atom stereocenters. The lowest BCUT2D eigenvalue weighted by Gasteiger charge is -2.33. The highest BCUT2D eigenvalue weighted by atomic mass is 16.6. The number of hydrogen-bond acceptors (Lipinski definition) is 7. The molecular formula is C22H28O7. The van der Waals surface area contributed by atoms with Gasteiger partial charge in [0.15, 0.2) is 12.2 Å². The Balaban J connectivity index is 2.62. The molecule has 0 unspecified atom stereocenters. The number of aliphatic hydroxyl groups is 1. The predicted octanol–water partition coefficient (Wildman–Crippen LogP) is 2.55. The zero-order valence-electron chi connectivity index (χ0n) is 17.4. The molecule has 1 N–H and O–H groups in total.